The van der Waals surface area contributed by atoms with Gasteiger partial charge in [-0.25, -0.2) is 0 Å². The van der Waals surface area contributed by atoms with Gasteiger partial charge in [-0.2, -0.15) is 0 Å². The Morgan fingerprint density at radius 1 is 1.03 bits per heavy atom. The number of benzene rings is 2. The van der Waals surface area contributed by atoms with E-state index in [1.54, 1.807) is 6.92 Å². The average Bonchev–Trinajstić information content (AvgIpc) is 2.78. The molecule has 1 heterocycles. The third kappa shape index (κ3) is 3.49. The molecule has 2 aromatic carbocycles. The van der Waals surface area contributed by atoms with E-state index in [1.807, 2.05) is 0 Å². The van der Waals surface area contributed by atoms with E-state index in [-0.39, 0.29) is 58.4 Å². The van der Waals surface area contributed by atoms with Gasteiger partial charge in [0.2, 0.25) is 0 Å². The van der Waals surface area contributed by atoms with Crippen molar-refractivity contribution in [3.05, 3.63) is 57.1 Å². The molecule has 0 aromatic heterocycles. The fourth-order valence-electron chi connectivity index (χ4n) is 5.48. The lowest BCUT2D eigenvalue weighted by molar-refractivity contribution is -0.163. The molecule has 0 radical (unpaired) electrons. The molecule has 2 aromatic rings. The van der Waals surface area contributed by atoms with Crippen LogP contribution in [0.5, 0.6) is 11.5 Å². The van der Waals surface area contributed by atoms with Gasteiger partial charge < -0.3 is 29.9 Å². The number of carbonyl (C=O) groups excluding carboxylic acids is 3. The molecule has 5 atom stereocenters. The lowest BCUT2D eigenvalue weighted by atomic mass is 9.72. The van der Waals surface area contributed by atoms with Crippen LogP contribution in [0.2, 0.25) is 0 Å². The maximum absolute atomic E-state index is 13.6. The normalized spacial score (nSPS) is 29.9. The Hall–Kier alpha value is -3.11. The number of phenolic OH excluding ortho intramolecular Hbond substituents is 1. The molecule has 3 aliphatic rings. The maximum atomic E-state index is 13.6. The summed E-state index contributed by atoms with van der Waals surface area (Å²) in [7, 11) is 1.37. The van der Waals surface area contributed by atoms with E-state index in [4.69, 9.17) is 9.47 Å². The summed E-state index contributed by atoms with van der Waals surface area (Å²) < 4.78 is 11.2. The highest BCUT2D eigenvalue weighted by Crippen LogP contribution is 2.45. The van der Waals surface area contributed by atoms with Gasteiger partial charge in [0.25, 0.3) is 0 Å². The quantitative estimate of drug-likeness (QED) is 0.427. The van der Waals surface area contributed by atoms with Gasteiger partial charge in [0.05, 0.1) is 36.6 Å². The molecular formula is C26H26O9. The highest BCUT2D eigenvalue weighted by Gasteiger charge is 2.44. The van der Waals surface area contributed by atoms with Crippen molar-refractivity contribution in [3.8, 4) is 11.5 Å². The van der Waals surface area contributed by atoms with Crippen LogP contribution in [0.4, 0.5) is 0 Å². The lowest BCUT2D eigenvalue weighted by Crippen LogP contribution is -2.44. The topological polar surface area (TPSA) is 151 Å². The van der Waals surface area contributed by atoms with E-state index in [2.05, 4.69) is 0 Å². The molecule has 9 heteroatoms. The predicted octanol–water partition coefficient (Wildman–Crippen LogP) is 1.63. The number of fused-ring (bicyclic) bond motifs is 4. The first kappa shape index (κ1) is 23.6. The van der Waals surface area contributed by atoms with E-state index < -0.39 is 53.1 Å². The largest absolute Gasteiger partial charge is 0.507 e. The van der Waals surface area contributed by atoms with Crippen molar-refractivity contribution < 1.29 is 44.3 Å². The lowest BCUT2D eigenvalue weighted by Gasteiger charge is -2.36. The van der Waals surface area contributed by atoms with Crippen LogP contribution in [-0.4, -0.2) is 68.8 Å². The number of aliphatic hydroxyl groups excluding tert-OH is 2. The number of Topliss-reactive ketones (excluding diaryl/α,β-unsaturated/α-hetero) is 1. The molecule has 0 amide bonds. The van der Waals surface area contributed by atoms with Crippen molar-refractivity contribution in [2.75, 3.05) is 7.11 Å². The van der Waals surface area contributed by atoms with Crippen LogP contribution in [0.15, 0.2) is 18.2 Å². The summed E-state index contributed by atoms with van der Waals surface area (Å²) >= 11 is 0. The van der Waals surface area contributed by atoms with Gasteiger partial charge >= 0.3 is 0 Å². The van der Waals surface area contributed by atoms with Gasteiger partial charge in [0, 0.05) is 52.6 Å². The number of carbonyl (C=O) groups is 3. The Bertz CT molecular complexity index is 1280. The minimum absolute atomic E-state index is 0.00760. The van der Waals surface area contributed by atoms with Crippen molar-refractivity contribution in [1.29, 1.82) is 0 Å². The van der Waals surface area contributed by atoms with Crippen LogP contribution in [0.3, 0.4) is 0 Å². The van der Waals surface area contributed by atoms with Crippen molar-refractivity contribution in [2.24, 2.45) is 0 Å². The predicted molar refractivity (Wildman–Crippen MR) is 121 cm³/mol. The minimum atomic E-state index is -1.31. The molecule has 0 saturated carbocycles. The van der Waals surface area contributed by atoms with Crippen LogP contribution in [0.25, 0.3) is 0 Å². The Morgan fingerprint density at radius 3 is 2.37 bits per heavy atom. The number of hydrogen-bond donors (Lipinski definition) is 4. The molecule has 0 bridgehead atoms. The van der Waals surface area contributed by atoms with Crippen molar-refractivity contribution in [1.82, 2.24) is 0 Å². The third-order valence-electron chi connectivity index (χ3n) is 7.20. The van der Waals surface area contributed by atoms with Crippen LogP contribution < -0.4 is 4.74 Å². The van der Waals surface area contributed by atoms with Gasteiger partial charge in [0.1, 0.15) is 17.6 Å². The molecule has 4 unspecified atom stereocenters. The van der Waals surface area contributed by atoms with Crippen molar-refractivity contribution in [2.45, 2.75) is 63.1 Å². The maximum Gasteiger partial charge on any atom is 0.198 e. The van der Waals surface area contributed by atoms with Crippen molar-refractivity contribution in [3.63, 3.8) is 0 Å². The van der Waals surface area contributed by atoms with Crippen LogP contribution in [-0.2, 0) is 11.2 Å². The SMILES string of the molecule is COc1cc2c(c3c1C[C@@](C)(O)CC3=O)C(=O)c1ccc(C3CC(O)C(O)C(C)O3)c(O)c1C2=O. The van der Waals surface area contributed by atoms with Crippen LogP contribution >= 0.6 is 0 Å². The van der Waals surface area contributed by atoms with Gasteiger partial charge in [-0.1, -0.05) is 6.07 Å². The number of aliphatic hydroxyl groups is 3. The molecule has 4 N–H and O–H groups in total. The van der Waals surface area contributed by atoms with E-state index in [0.29, 0.717) is 5.56 Å². The van der Waals surface area contributed by atoms with Gasteiger partial charge in [-0.15, -0.1) is 0 Å². The summed E-state index contributed by atoms with van der Waals surface area (Å²) in [6.45, 7) is 3.11. The van der Waals surface area contributed by atoms with Gasteiger partial charge in [-0.05, 0) is 26.0 Å². The zero-order valence-corrected chi connectivity index (χ0v) is 19.5. The molecule has 1 saturated heterocycles. The first-order chi connectivity index (χ1) is 16.4. The molecule has 0 spiro atoms. The number of ketones is 3. The van der Waals surface area contributed by atoms with E-state index in [0.717, 1.165) is 0 Å². The second kappa shape index (κ2) is 7.96. The monoisotopic (exact) mass is 482 g/mol. The number of hydrogen-bond acceptors (Lipinski definition) is 9. The van der Waals surface area contributed by atoms with E-state index >= 15 is 0 Å². The molecule has 184 valence electrons. The number of rotatable bonds is 2. The smallest absolute Gasteiger partial charge is 0.198 e. The minimum Gasteiger partial charge on any atom is -0.507 e. The van der Waals surface area contributed by atoms with Crippen molar-refractivity contribution >= 4 is 17.3 Å². The Balaban J connectivity index is 1.66. The molecule has 1 fully saturated rings. The van der Waals surface area contributed by atoms with Gasteiger partial charge in [0.15, 0.2) is 17.3 Å². The number of aromatic hydroxyl groups is 1. The Morgan fingerprint density at radius 2 is 1.71 bits per heavy atom. The molecule has 35 heavy (non-hydrogen) atoms. The molecule has 5 rings (SSSR count). The highest BCUT2D eigenvalue weighted by molar-refractivity contribution is 6.32. The molecular weight excluding hydrogens is 456 g/mol. The fourth-order valence-corrected chi connectivity index (χ4v) is 5.48. The summed E-state index contributed by atoms with van der Waals surface area (Å²) in [6, 6.07) is 4.23. The van der Waals surface area contributed by atoms with Crippen LogP contribution in [0.1, 0.15) is 86.1 Å². The summed E-state index contributed by atoms with van der Waals surface area (Å²) in [5, 5.41) is 41.8. The zero-order valence-electron chi connectivity index (χ0n) is 19.5. The fraction of sp³-hybridized carbons (Fsp3) is 0.423. The number of ether oxygens (including phenoxy) is 2. The number of methoxy groups -OCH3 is 1. The Labute approximate surface area is 200 Å². The van der Waals surface area contributed by atoms with E-state index in [1.165, 1.54) is 32.2 Å². The van der Waals surface area contributed by atoms with E-state index in [9.17, 15) is 34.8 Å². The standard InChI is InChI=1S/C26H26O9/c1-10-22(29)15(27)7-18(35-10)11-4-5-12-21(23(11)30)25(32)13-6-17(34-3)14-8-26(2,33)9-16(28)19(14)20(13)24(12)31/h4-6,10,15,18,22,27,29-30,33H,7-9H2,1-3H3/t10?,15?,18?,22?,26-/m1/s1. The summed E-state index contributed by atoms with van der Waals surface area (Å²) in [6.07, 6.45) is -3.82. The molecule has 9 nitrogen and oxygen atoms in total. The molecule has 1 aliphatic heterocycles. The zero-order chi connectivity index (χ0) is 25.4. The number of phenols is 1. The van der Waals surface area contributed by atoms with Gasteiger partial charge in [-0.3, -0.25) is 14.4 Å². The second-order valence-electron chi connectivity index (χ2n) is 9.84. The first-order valence-electron chi connectivity index (χ1n) is 11.4. The second-order valence-corrected chi connectivity index (χ2v) is 9.84. The average molecular weight is 482 g/mol. The molecule has 2 aliphatic carbocycles. The third-order valence-corrected chi connectivity index (χ3v) is 7.20. The first-order valence-corrected chi connectivity index (χ1v) is 11.4. The highest BCUT2D eigenvalue weighted by atomic mass is 16.5. The summed E-state index contributed by atoms with van der Waals surface area (Å²) in [4.78, 5) is 40.2. The Kier molecular flexibility index (Phi) is 5.37. The summed E-state index contributed by atoms with van der Waals surface area (Å²) in [5.41, 5.74) is -1.04. The van der Waals surface area contributed by atoms with Crippen LogP contribution in [0, 0.1) is 0 Å². The summed E-state index contributed by atoms with van der Waals surface area (Å²) in [5.74, 6) is -1.94.